The second-order valence-corrected chi connectivity index (χ2v) is 4.29. The number of methoxy groups -OCH3 is 1. The van der Waals surface area contributed by atoms with Crippen LogP contribution < -0.4 is 9.47 Å². The lowest BCUT2D eigenvalue weighted by Crippen LogP contribution is -2.07. The first-order valence-corrected chi connectivity index (χ1v) is 7.13. The Morgan fingerprint density at radius 1 is 1.19 bits per heavy atom. The van der Waals surface area contributed by atoms with Gasteiger partial charge in [-0.25, -0.2) is 0 Å². The van der Waals surface area contributed by atoms with Gasteiger partial charge in [-0.05, 0) is 37.1 Å². The van der Waals surface area contributed by atoms with Crippen molar-refractivity contribution in [2.24, 2.45) is 0 Å². The molecular weight excluding hydrogens is 264 g/mol. The van der Waals surface area contributed by atoms with Crippen LogP contribution in [0, 0.1) is 0 Å². The zero-order chi connectivity index (χ0) is 15.5. The summed E-state index contributed by atoms with van der Waals surface area (Å²) >= 11 is 0. The SMILES string of the molecule is C=C/C(CC)=C(\C=C/C)OCCOc1ccccc1OC. The molecule has 0 N–H and O–H groups in total. The molecule has 0 saturated carbocycles. The van der Waals surface area contributed by atoms with E-state index in [1.54, 1.807) is 7.11 Å². The van der Waals surface area contributed by atoms with Gasteiger partial charge >= 0.3 is 0 Å². The average molecular weight is 288 g/mol. The van der Waals surface area contributed by atoms with E-state index in [0.717, 1.165) is 29.3 Å². The highest BCUT2D eigenvalue weighted by molar-refractivity contribution is 5.39. The lowest BCUT2D eigenvalue weighted by molar-refractivity contribution is 0.159. The highest BCUT2D eigenvalue weighted by Crippen LogP contribution is 2.25. The summed E-state index contributed by atoms with van der Waals surface area (Å²) in [6.07, 6.45) is 6.62. The maximum Gasteiger partial charge on any atom is 0.161 e. The molecule has 0 aromatic heterocycles. The third-order valence-electron chi connectivity index (χ3n) is 2.93. The van der Waals surface area contributed by atoms with E-state index >= 15 is 0 Å². The molecule has 0 aliphatic rings. The highest BCUT2D eigenvalue weighted by Gasteiger charge is 2.04. The van der Waals surface area contributed by atoms with Crippen molar-refractivity contribution in [2.75, 3.05) is 20.3 Å². The van der Waals surface area contributed by atoms with Gasteiger partial charge in [0.05, 0.1) is 7.11 Å². The topological polar surface area (TPSA) is 27.7 Å². The molecule has 0 bridgehead atoms. The Balaban J connectivity index is 2.56. The van der Waals surface area contributed by atoms with E-state index in [0.29, 0.717) is 13.2 Å². The van der Waals surface area contributed by atoms with Gasteiger partial charge < -0.3 is 14.2 Å². The van der Waals surface area contributed by atoms with Crippen LogP contribution in [-0.4, -0.2) is 20.3 Å². The maximum atomic E-state index is 5.78. The molecule has 0 amide bonds. The molecule has 0 unspecified atom stereocenters. The van der Waals surface area contributed by atoms with Crippen molar-refractivity contribution in [2.45, 2.75) is 20.3 Å². The van der Waals surface area contributed by atoms with Gasteiger partial charge in [0, 0.05) is 0 Å². The lowest BCUT2D eigenvalue weighted by atomic mass is 10.1. The number of allylic oxidation sites excluding steroid dienone is 4. The van der Waals surface area contributed by atoms with Gasteiger partial charge in [-0.15, -0.1) is 0 Å². The van der Waals surface area contributed by atoms with Crippen LogP contribution in [0.4, 0.5) is 0 Å². The van der Waals surface area contributed by atoms with E-state index in [1.165, 1.54) is 0 Å². The molecule has 21 heavy (non-hydrogen) atoms. The van der Waals surface area contributed by atoms with Crippen LogP contribution in [0.5, 0.6) is 11.5 Å². The van der Waals surface area contributed by atoms with Crippen LogP contribution >= 0.6 is 0 Å². The second-order valence-electron chi connectivity index (χ2n) is 4.29. The van der Waals surface area contributed by atoms with Gasteiger partial charge in [-0.3, -0.25) is 0 Å². The summed E-state index contributed by atoms with van der Waals surface area (Å²) < 4.78 is 16.7. The first-order chi connectivity index (χ1) is 10.3. The predicted molar refractivity (Wildman–Crippen MR) is 86.8 cm³/mol. The molecule has 3 heteroatoms. The van der Waals surface area contributed by atoms with E-state index in [1.807, 2.05) is 49.4 Å². The smallest absolute Gasteiger partial charge is 0.161 e. The Bertz CT molecular complexity index is 501. The number of ether oxygens (including phenoxy) is 3. The number of hydrogen-bond donors (Lipinski definition) is 0. The van der Waals surface area contributed by atoms with E-state index in [-0.39, 0.29) is 0 Å². The average Bonchev–Trinajstić information content (AvgIpc) is 2.52. The molecule has 3 nitrogen and oxygen atoms in total. The number of benzene rings is 1. The lowest BCUT2D eigenvalue weighted by Gasteiger charge is -2.13. The second kappa shape index (κ2) is 9.70. The number of para-hydroxylation sites is 2. The van der Waals surface area contributed by atoms with E-state index < -0.39 is 0 Å². The molecule has 0 atom stereocenters. The maximum absolute atomic E-state index is 5.78. The third kappa shape index (κ3) is 5.38. The minimum Gasteiger partial charge on any atom is -0.493 e. The summed E-state index contributed by atoms with van der Waals surface area (Å²) in [5, 5.41) is 0. The van der Waals surface area contributed by atoms with Gasteiger partial charge in [-0.1, -0.05) is 37.8 Å². The molecule has 1 aromatic carbocycles. The Labute approximate surface area is 127 Å². The number of hydrogen-bond acceptors (Lipinski definition) is 3. The van der Waals surface area contributed by atoms with Gasteiger partial charge in [0.25, 0.3) is 0 Å². The Morgan fingerprint density at radius 2 is 1.90 bits per heavy atom. The van der Waals surface area contributed by atoms with Crippen LogP contribution in [0.15, 0.2) is 60.4 Å². The summed E-state index contributed by atoms with van der Waals surface area (Å²) in [4.78, 5) is 0. The summed E-state index contributed by atoms with van der Waals surface area (Å²) in [7, 11) is 1.63. The molecule has 114 valence electrons. The van der Waals surface area contributed by atoms with E-state index in [2.05, 4.69) is 13.5 Å². The standard InChI is InChI=1S/C18H24O3/c1-5-10-16(15(6-2)7-3)20-13-14-21-18-12-9-8-11-17(18)19-4/h5-6,8-12H,2,7,13-14H2,1,3-4H3/b10-5-,16-15-. The molecule has 1 aromatic rings. The van der Waals surface area contributed by atoms with Crippen molar-refractivity contribution in [1.82, 2.24) is 0 Å². The third-order valence-corrected chi connectivity index (χ3v) is 2.93. The van der Waals surface area contributed by atoms with Crippen LogP contribution in [0.3, 0.4) is 0 Å². The minimum absolute atomic E-state index is 0.454. The number of rotatable bonds is 9. The molecule has 0 fully saturated rings. The zero-order valence-corrected chi connectivity index (χ0v) is 13.1. The van der Waals surface area contributed by atoms with Gasteiger partial charge in [-0.2, -0.15) is 0 Å². The first-order valence-electron chi connectivity index (χ1n) is 7.13. The first kappa shape index (κ1) is 16.9. The summed E-state index contributed by atoms with van der Waals surface area (Å²) in [6, 6.07) is 7.57. The van der Waals surface area contributed by atoms with Crippen LogP contribution in [0.2, 0.25) is 0 Å². The highest BCUT2D eigenvalue weighted by atomic mass is 16.5. The van der Waals surface area contributed by atoms with Gasteiger partial charge in [0.15, 0.2) is 11.5 Å². The summed E-state index contributed by atoms with van der Waals surface area (Å²) in [6.45, 7) is 8.78. The van der Waals surface area contributed by atoms with Gasteiger partial charge in [0.1, 0.15) is 19.0 Å². The quantitative estimate of drug-likeness (QED) is 0.380. The summed E-state index contributed by atoms with van der Waals surface area (Å²) in [5.74, 6) is 2.29. The molecule has 1 rings (SSSR count). The molecule has 0 aliphatic heterocycles. The van der Waals surface area contributed by atoms with Crippen molar-refractivity contribution < 1.29 is 14.2 Å². The zero-order valence-electron chi connectivity index (χ0n) is 13.1. The Morgan fingerprint density at radius 3 is 2.48 bits per heavy atom. The molecule has 0 radical (unpaired) electrons. The Hall–Kier alpha value is -2.16. The van der Waals surface area contributed by atoms with Crippen molar-refractivity contribution in [3.05, 3.63) is 60.4 Å². The fraction of sp³-hybridized carbons (Fsp3) is 0.333. The van der Waals surface area contributed by atoms with Gasteiger partial charge in [0.2, 0.25) is 0 Å². The Kier molecular flexibility index (Phi) is 7.80. The minimum atomic E-state index is 0.454. The molecule has 0 spiro atoms. The monoisotopic (exact) mass is 288 g/mol. The van der Waals surface area contributed by atoms with Crippen LogP contribution in [0.1, 0.15) is 20.3 Å². The van der Waals surface area contributed by atoms with Crippen LogP contribution in [-0.2, 0) is 4.74 Å². The van der Waals surface area contributed by atoms with E-state index in [4.69, 9.17) is 14.2 Å². The fourth-order valence-corrected chi connectivity index (χ4v) is 1.86. The molecule has 0 aliphatic carbocycles. The van der Waals surface area contributed by atoms with Crippen molar-refractivity contribution >= 4 is 0 Å². The van der Waals surface area contributed by atoms with E-state index in [9.17, 15) is 0 Å². The summed E-state index contributed by atoms with van der Waals surface area (Å²) in [5.41, 5.74) is 1.09. The largest absolute Gasteiger partial charge is 0.493 e. The molecule has 0 saturated heterocycles. The predicted octanol–water partition coefficient (Wildman–Crippen LogP) is 4.52. The normalized spacial score (nSPS) is 12.0. The van der Waals surface area contributed by atoms with Crippen molar-refractivity contribution in [3.8, 4) is 11.5 Å². The van der Waals surface area contributed by atoms with Crippen molar-refractivity contribution in [3.63, 3.8) is 0 Å². The molecule has 0 heterocycles. The molecular formula is C18H24O3. The van der Waals surface area contributed by atoms with Crippen molar-refractivity contribution in [1.29, 1.82) is 0 Å². The van der Waals surface area contributed by atoms with Crippen LogP contribution in [0.25, 0.3) is 0 Å². The fourth-order valence-electron chi connectivity index (χ4n) is 1.86.